The van der Waals surface area contributed by atoms with Crippen molar-refractivity contribution >= 4 is 17.7 Å². The lowest BCUT2D eigenvalue weighted by Crippen LogP contribution is -2.48. The first kappa shape index (κ1) is 19.5. The minimum absolute atomic E-state index is 0.0762. The smallest absolute Gasteiger partial charge is 0.231 e. The summed E-state index contributed by atoms with van der Waals surface area (Å²) >= 11 is 1.24. The Kier molecular flexibility index (Phi) is 5.07. The van der Waals surface area contributed by atoms with Gasteiger partial charge in [-0.3, -0.25) is 9.69 Å². The minimum atomic E-state index is -1.57. The first-order chi connectivity index (χ1) is 14.0. The molecule has 1 fully saturated rings. The summed E-state index contributed by atoms with van der Waals surface area (Å²) in [6, 6.07) is 15.3. The van der Waals surface area contributed by atoms with Crippen molar-refractivity contribution in [2.24, 2.45) is 0 Å². The second kappa shape index (κ2) is 7.54. The molecule has 2 aliphatic rings. The van der Waals surface area contributed by atoms with Crippen LogP contribution in [0, 0.1) is 17.1 Å². The number of thioether (sulfide) groups is 1. The fourth-order valence-electron chi connectivity index (χ4n) is 3.85. The molecule has 1 saturated heterocycles. The van der Waals surface area contributed by atoms with Crippen LogP contribution in [0.4, 0.5) is 4.39 Å². The third kappa shape index (κ3) is 3.18. The van der Waals surface area contributed by atoms with Gasteiger partial charge in [0.05, 0.1) is 29.0 Å². The minimum Gasteiger partial charge on any atom is -0.494 e. The molecule has 0 unspecified atom stereocenters. The Balaban J connectivity index is 1.76. The third-order valence-corrected chi connectivity index (χ3v) is 6.44. The first-order valence-electron chi connectivity index (χ1n) is 9.30. The summed E-state index contributed by atoms with van der Waals surface area (Å²) in [5.41, 5.74) is -0.397. The maximum Gasteiger partial charge on any atom is 0.231 e. The van der Waals surface area contributed by atoms with E-state index in [-0.39, 0.29) is 18.1 Å². The molecule has 2 aromatic carbocycles. The van der Waals surface area contributed by atoms with Crippen LogP contribution < -0.4 is 4.74 Å². The van der Waals surface area contributed by atoms with Gasteiger partial charge in [-0.05, 0) is 30.7 Å². The molecule has 0 spiro atoms. The number of benzene rings is 2. The van der Waals surface area contributed by atoms with Crippen LogP contribution in [0.25, 0.3) is 0 Å². The van der Waals surface area contributed by atoms with Crippen LogP contribution in [-0.4, -0.2) is 28.3 Å². The van der Waals surface area contributed by atoms with Crippen molar-refractivity contribution in [2.45, 2.75) is 25.0 Å². The second-order valence-corrected chi connectivity index (χ2v) is 7.86. The van der Waals surface area contributed by atoms with E-state index in [1.807, 2.05) is 6.92 Å². The molecule has 0 aliphatic carbocycles. The molecule has 2 heterocycles. The molecular formula is C22H19FN2O3S. The van der Waals surface area contributed by atoms with Crippen molar-refractivity contribution in [1.29, 1.82) is 5.26 Å². The molecule has 7 heteroatoms. The largest absolute Gasteiger partial charge is 0.494 e. The van der Waals surface area contributed by atoms with E-state index >= 15 is 0 Å². The van der Waals surface area contributed by atoms with E-state index < -0.39 is 17.5 Å². The van der Waals surface area contributed by atoms with Gasteiger partial charge in [-0.1, -0.05) is 30.3 Å². The molecule has 4 rings (SSSR count). The Morgan fingerprint density at radius 1 is 1.31 bits per heavy atom. The van der Waals surface area contributed by atoms with Gasteiger partial charge in [0.1, 0.15) is 11.6 Å². The van der Waals surface area contributed by atoms with Crippen molar-refractivity contribution in [3.05, 3.63) is 76.1 Å². The monoisotopic (exact) mass is 410 g/mol. The quantitative estimate of drug-likeness (QED) is 0.828. The fourth-order valence-corrected chi connectivity index (χ4v) is 5.21. The molecule has 0 bridgehead atoms. The molecular weight excluding hydrogens is 391 g/mol. The Labute approximate surface area is 172 Å². The van der Waals surface area contributed by atoms with Crippen LogP contribution in [-0.2, 0) is 10.5 Å². The van der Waals surface area contributed by atoms with E-state index in [1.54, 1.807) is 42.5 Å². The Hall–Kier alpha value is -2.82. The number of nitriles is 1. The van der Waals surface area contributed by atoms with E-state index in [2.05, 4.69) is 6.07 Å². The number of carbonyl (C=O) groups excluding carboxylic acids is 1. The number of hydrogen-bond acceptors (Lipinski definition) is 5. The predicted octanol–water partition coefficient (Wildman–Crippen LogP) is 3.87. The van der Waals surface area contributed by atoms with Gasteiger partial charge < -0.3 is 9.84 Å². The van der Waals surface area contributed by atoms with Gasteiger partial charge >= 0.3 is 0 Å². The van der Waals surface area contributed by atoms with Gasteiger partial charge in [-0.15, -0.1) is 11.8 Å². The third-order valence-electron chi connectivity index (χ3n) is 5.22. The lowest BCUT2D eigenvalue weighted by atomic mass is 9.85. The second-order valence-electron chi connectivity index (χ2n) is 6.90. The summed E-state index contributed by atoms with van der Waals surface area (Å²) in [5, 5.41) is 21.6. The summed E-state index contributed by atoms with van der Waals surface area (Å²) in [4.78, 5) is 14.3. The standard InChI is InChI=1S/C22H19FN2O3S/c1-2-28-15-9-7-14(8-10-15)22(27)13-29-21-18(12-24)17(11-20(26)25(21)22)16-5-3-4-6-19(16)23/h3-10,17,27H,2,11,13H2,1H3/t17-,22+/m1/s1. The highest BCUT2D eigenvalue weighted by Gasteiger charge is 2.52. The molecule has 2 aromatic rings. The van der Waals surface area contributed by atoms with Gasteiger partial charge in [-0.25, -0.2) is 4.39 Å². The zero-order valence-electron chi connectivity index (χ0n) is 15.8. The SMILES string of the molecule is CCOc1ccc([C@@]2(O)CSC3=C(C#N)[C@@H](c4ccccc4F)CC(=O)N32)cc1. The maximum atomic E-state index is 14.3. The summed E-state index contributed by atoms with van der Waals surface area (Å²) in [7, 11) is 0. The number of nitrogens with zero attached hydrogens (tertiary/aromatic N) is 2. The van der Waals surface area contributed by atoms with Gasteiger partial charge in [0.15, 0.2) is 5.72 Å². The Morgan fingerprint density at radius 2 is 2.03 bits per heavy atom. The Bertz CT molecular complexity index is 1030. The van der Waals surface area contributed by atoms with E-state index in [9.17, 15) is 19.6 Å². The zero-order valence-corrected chi connectivity index (χ0v) is 16.6. The lowest BCUT2D eigenvalue weighted by Gasteiger charge is -2.38. The highest BCUT2D eigenvalue weighted by molar-refractivity contribution is 8.03. The fraction of sp³-hybridized carbons (Fsp3) is 0.273. The number of halogens is 1. The Morgan fingerprint density at radius 3 is 2.69 bits per heavy atom. The summed E-state index contributed by atoms with van der Waals surface area (Å²) in [5.74, 6) is -0.582. The highest BCUT2D eigenvalue weighted by Crippen LogP contribution is 2.52. The molecule has 2 atom stereocenters. The van der Waals surface area contributed by atoms with E-state index in [1.165, 1.54) is 22.7 Å². The van der Waals surface area contributed by atoms with Gasteiger partial charge in [0.25, 0.3) is 0 Å². The van der Waals surface area contributed by atoms with Crippen LogP contribution in [0.3, 0.4) is 0 Å². The molecule has 5 nitrogen and oxygen atoms in total. The lowest BCUT2D eigenvalue weighted by molar-refractivity contribution is -0.149. The molecule has 0 aromatic heterocycles. The first-order valence-corrected chi connectivity index (χ1v) is 10.3. The van der Waals surface area contributed by atoms with Gasteiger partial charge in [0, 0.05) is 17.9 Å². The number of fused-ring (bicyclic) bond motifs is 1. The summed E-state index contributed by atoms with van der Waals surface area (Å²) < 4.78 is 19.8. The van der Waals surface area contributed by atoms with Gasteiger partial charge in [-0.2, -0.15) is 5.26 Å². The molecule has 1 N–H and O–H groups in total. The summed E-state index contributed by atoms with van der Waals surface area (Å²) in [6.45, 7) is 2.41. The van der Waals surface area contributed by atoms with E-state index in [0.29, 0.717) is 34.1 Å². The number of amides is 1. The number of aliphatic hydroxyl groups is 1. The van der Waals surface area contributed by atoms with Crippen molar-refractivity contribution in [3.63, 3.8) is 0 Å². The topological polar surface area (TPSA) is 73.6 Å². The van der Waals surface area contributed by atoms with E-state index in [0.717, 1.165) is 0 Å². The maximum absolute atomic E-state index is 14.3. The van der Waals surface area contributed by atoms with Crippen molar-refractivity contribution in [2.75, 3.05) is 12.4 Å². The average Bonchev–Trinajstić information content (AvgIpc) is 3.08. The van der Waals surface area contributed by atoms with E-state index in [4.69, 9.17) is 4.74 Å². The van der Waals surface area contributed by atoms with Crippen LogP contribution in [0.5, 0.6) is 5.75 Å². The number of hydrogen-bond donors (Lipinski definition) is 1. The normalized spacial score (nSPS) is 23.7. The predicted molar refractivity (Wildman–Crippen MR) is 107 cm³/mol. The molecule has 148 valence electrons. The zero-order chi connectivity index (χ0) is 20.6. The molecule has 1 amide bonds. The molecule has 0 radical (unpaired) electrons. The number of allylic oxidation sites excluding steroid dienone is 1. The van der Waals surface area contributed by atoms with Crippen LogP contribution >= 0.6 is 11.8 Å². The number of rotatable bonds is 4. The number of carbonyl (C=O) groups is 1. The molecule has 0 saturated carbocycles. The average molecular weight is 410 g/mol. The van der Waals surface area contributed by atoms with Crippen molar-refractivity contribution < 1.29 is 19.0 Å². The molecule has 29 heavy (non-hydrogen) atoms. The van der Waals surface area contributed by atoms with Crippen LogP contribution in [0.2, 0.25) is 0 Å². The van der Waals surface area contributed by atoms with Crippen LogP contribution in [0.15, 0.2) is 59.1 Å². The van der Waals surface area contributed by atoms with Crippen molar-refractivity contribution in [3.8, 4) is 11.8 Å². The summed E-state index contributed by atoms with van der Waals surface area (Å²) in [6.07, 6.45) is -0.0762. The van der Waals surface area contributed by atoms with Crippen LogP contribution in [0.1, 0.15) is 30.4 Å². The molecule has 2 aliphatic heterocycles. The highest BCUT2D eigenvalue weighted by atomic mass is 32.2. The number of ether oxygens (including phenoxy) is 1. The van der Waals surface area contributed by atoms with Gasteiger partial charge in [0.2, 0.25) is 5.91 Å². The van der Waals surface area contributed by atoms with Crippen molar-refractivity contribution in [1.82, 2.24) is 4.90 Å².